The Kier molecular flexibility index (Phi) is 7.26. The van der Waals surface area contributed by atoms with E-state index < -0.39 is 0 Å². The number of carbonyl (C=O) groups excluding carboxylic acids is 1. The lowest BCUT2D eigenvalue weighted by Gasteiger charge is -2.24. The molecule has 0 saturated carbocycles. The highest BCUT2D eigenvalue weighted by molar-refractivity contribution is 5.76. The number of amides is 1. The van der Waals surface area contributed by atoms with Gasteiger partial charge in [0.1, 0.15) is 0 Å². The van der Waals surface area contributed by atoms with Crippen molar-refractivity contribution < 1.29 is 9.53 Å². The quantitative estimate of drug-likeness (QED) is 0.693. The lowest BCUT2D eigenvalue weighted by atomic mass is 10.1. The molecular weight excluding hydrogens is 312 g/mol. The van der Waals surface area contributed by atoms with Crippen LogP contribution in [0.3, 0.4) is 0 Å². The van der Waals surface area contributed by atoms with Gasteiger partial charge in [0, 0.05) is 38.5 Å². The number of aromatic nitrogens is 1. The zero-order chi connectivity index (χ0) is 18.2. The smallest absolute Gasteiger partial charge is 0.223 e. The van der Waals surface area contributed by atoms with Crippen LogP contribution in [-0.2, 0) is 22.6 Å². The van der Waals surface area contributed by atoms with Gasteiger partial charge in [0.25, 0.3) is 0 Å². The standard InChI is InChI=1S/C21H30N2O2/c1-17(2)13-21(24)23(11-12-25-4)16-20-9-6-10-22(20)15-19-8-5-7-18(3)14-19/h5-10,14,17H,11-13,15-16H2,1-4H3. The molecule has 2 rings (SSSR count). The lowest BCUT2D eigenvalue weighted by molar-refractivity contribution is -0.133. The lowest BCUT2D eigenvalue weighted by Crippen LogP contribution is -2.34. The summed E-state index contributed by atoms with van der Waals surface area (Å²) in [5, 5.41) is 0. The number of methoxy groups -OCH3 is 1. The van der Waals surface area contributed by atoms with E-state index in [1.165, 1.54) is 11.1 Å². The summed E-state index contributed by atoms with van der Waals surface area (Å²) in [6.45, 7) is 8.88. The van der Waals surface area contributed by atoms with Gasteiger partial charge in [-0.05, 0) is 30.5 Å². The van der Waals surface area contributed by atoms with Gasteiger partial charge in [-0.15, -0.1) is 0 Å². The fourth-order valence-corrected chi connectivity index (χ4v) is 2.92. The van der Waals surface area contributed by atoms with E-state index in [0.29, 0.717) is 32.0 Å². The molecule has 0 spiro atoms. The molecule has 25 heavy (non-hydrogen) atoms. The van der Waals surface area contributed by atoms with Crippen molar-refractivity contribution >= 4 is 5.91 Å². The monoisotopic (exact) mass is 342 g/mol. The first-order valence-corrected chi connectivity index (χ1v) is 8.96. The topological polar surface area (TPSA) is 34.5 Å². The van der Waals surface area contributed by atoms with E-state index in [9.17, 15) is 4.79 Å². The van der Waals surface area contributed by atoms with Crippen molar-refractivity contribution in [3.05, 3.63) is 59.4 Å². The Labute approximate surface area is 151 Å². The molecule has 4 heteroatoms. The van der Waals surface area contributed by atoms with E-state index in [-0.39, 0.29) is 5.91 Å². The van der Waals surface area contributed by atoms with Gasteiger partial charge >= 0.3 is 0 Å². The first-order valence-electron chi connectivity index (χ1n) is 8.96. The van der Waals surface area contributed by atoms with Crippen LogP contribution in [0.15, 0.2) is 42.6 Å². The number of rotatable bonds is 9. The van der Waals surface area contributed by atoms with Gasteiger partial charge in [-0.3, -0.25) is 4.79 Å². The molecule has 0 aliphatic carbocycles. The summed E-state index contributed by atoms with van der Waals surface area (Å²) in [5.41, 5.74) is 3.68. The second-order valence-electron chi connectivity index (χ2n) is 7.02. The zero-order valence-corrected chi connectivity index (χ0v) is 15.9. The van der Waals surface area contributed by atoms with Crippen LogP contribution in [0.4, 0.5) is 0 Å². The van der Waals surface area contributed by atoms with Gasteiger partial charge < -0.3 is 14.2 Å². The van der Waals surface area contributed by atoms with Crippen LogP contribution in [0, 0.1) is 12.8 Å². The molecule has 0 aliphatic heterocycles. The molecule has 4 nitrogen and oxygen atoms in total. The van der Waals surface area contributed by atoms with Crippen LogP contribution in [0.5, 0.6) is 0 Å². The molecule has 0 bridgehead atoms. The van der Waals surface area contributed by atoms with E-state index in [1.807, 2.05) is 11.0 Å². The molecule has 1 aromatic heterocycles. The number of carbonyl (C=O) groups is 1. The third-order valence-corrected chi connectivity index (χ3v) is 4.21. The van der Waals surface area contributed by atoms with Gasteiger partial charge in [-0.2, -0.15) is 0 Å². The summed E-state index contributed by atoms with van der Waals surface area (Å²) in [6, 6.07) is 12.7. The first kappa shape index (κ1) is 19.3. The van der Waals surface area contributed by atoms with Crippen molar-refractivity contribution in [2.75, 3.05) is 20.3 Å². The first-order chi connectivity index (χ1) is 12.0. The van der Waals surface area contributed by atoms with Gasteiger partial charge in [-0.25, -0.2) is 0 Å². The number of hydrogen-bond acceptors (Lipinski definition) is 2. The van der Waals surface area contributed by atoms with Gasteiger partial charge in [0.15, 0.2) is 0 Å². The van der Waals surface area contributed by atoms with Crippen molar-refractivity contribution in [1.82, 2.24) is 9.47 Å². The van der Waals surface area contributed by atoms with Crippen LogP contribution >= 0.6 is 0 Å². The minimum absolute atomic E-state index is 0.190. The Morgan fingerprint density at radius 3 is 2.72 bits per heavy atom. The summed E-state index contributed by atoms with van der Waals surface area (Å²) in [7, 11) is 1.67. The average molecular weight is 342 g/mol. The Morgan fingerprint density at radius 2 is 2.04 bits per heavy atom. The average Bonchev–Trinajstić information content (AvgIpc) is 2.97. The molecule has 0 N–H and O–H groups in total. The Hall–Kier alpha value is -2.07. The Bertz CT molecular complexity index is 676. The van der Waals surface area contributed by atoms with E-state index in [4.69, 9.17) is 4.74 Å². The highest BCUT2D eigenvalue weighted by Crippen LogP contribution is 2.13. The van der Waals surface area contributed by atoms with Crippen LogP contribution < -0.4 is 0 Å². The predicted molar refractivity (Wildman–Crippen MR) is 101 cm³/mol. The second-order valence-corrected chi connectivity index (χ2v) is 7.02. The number of aryl methyl sites for hydroxylation is 1. The summed E-state index contributed by atoms with van der Waals surface area (Å²) in [4.78, 5) is 14.5. The maximum atomic E-state index is 12.6. The second kappa shape index (κ2) is 9.42. The highest BCUT2D eigenvalue weighted by Gasteiger charge is 2.16. The summed E-state index contributed by atoms with van der Waals surface area (Å²) in [6.07, 6.45) is 2.65. The van der Waals surface area contributed by atoms with Crippen molar-refractivity contribution in [3.63, 3.8) is 0 Å². The Balaban J connectivity index is 2.11. The minimum atomic E-state index is 0.190. The number of ether oxygens (including phenoxy) is 1. The third kappa shape index (κ3) is 6.05. The van der Waals surface area contributed by atoms with Crippen molar-refractivity contribution in [1.29, 1.82) is 0 Å². The van der Waals surface area contributed by atoms with Crippen molar-refractivity contribution in [2.45, 2.75) is 40.3 Å². The third-order valence-electron chi connectivity index (χ3n) is 4.21. The maximum Gasteiger partial charge on any atom is 0.223 e. The molecule has 0 radical (unpaired) electrons. The molecule has 0 atom stereocenters. The highest BCUT2D eigenvalue weighted by atomic mass is 16.5. The molecule has 0 fully saturated rings. The molecule has 0 saturated heterocycles. The number of hydrogen-bond donors (Lipinski definition) is 0. The van der Waals surface area contributed by atoms with Crippen LogP contribution in [0.1, 0.15) is 37.1 Å². The van der Waals surface area contributed by atoms with Gasteiger partial charge in [0.2, 0.25) is 5.91 Å². The van der Waals surface area contributed by atoms with Crippen LogP contribution in [0.25, 0.3) is 0 Å². The van der Waals surface area contributed by atoms with E-state index in [1.54, 1.807) is 7.11 Å². The molecule has 0 aliphatic rings. The van der Waals surface area contributed by atoms with Crippen molar-refractivity contribution in [2.24, 2.45) is 5.92 Å². The molecule has 136 valence electrons. The van der Waals surface area contributed by atoms with Gasteiger partial charge in [-0.1, -0.05) is 43.7 Å². The molecular formula is C21H30N2O2. The summed E-state index contributed by atoms with van der Waals surface area (Å²) < 4.78 is 7.40. The number of benzene rings is 1. The predicted octanol–water partition coefficient (Wildman–Crippen LogP) is 3.87. The normalized spacial score (nSPS) is 11.1. The molecule has 0 unspecified atom stereocenters. The molecule has 2 aromatic rings. The molecule has 1 aromatic carbocycles. The zero-order valence-electron chi connectivity index (χ0n) is 15.9. The van der Waals surface area contributed by atoms with Crippen LogP contribution in [0.2, 0.25) is 0 Å². The fourth-order valence-electron chi connectivity index (χ4n) is 2.92. The number of nitrogens with zero attached hydrogens (tertiary/aromatic N) is 2. The van der Waals surface area contributed by atoms with E-state index >= 15 is 0 Å². The summed E-state index contributed by atoms with van der Waals surface area (Å²) >= 11 is 0. The van der Waals surface area contributed by atoms with E-state index in [2.05, 4.69) is 61.9 Å². The minimum Gasteiger partial charge on any atom is -0.383 e. The SMILES string of the molecule is COCCN(Cc1cccn1Cc1cccc(C)c1)C(=O)CC(C)C. The largest absolute Gasteiger partial charge is 0.383 e. The molecule has 1 amide bonds. The van der Waals surface area contributed by atoms with Crippen LogP contribution in [-0.4, -0.2) is 35.6 Å². The maximum absolute atomic E-state index is 12.6. The van der Waals surface area contributed by atoms with Crippen molar-refractivity contribution in [3.8, 4) is 0 Å². The molecule has 1 heterocycles. The van der Waals surface area contributed by atoms with Gasteiger partial charge in [0.05, 0.1) is 13.2 Å². The van der Waals surface area contributed by atoms with E-state index in [0.717, 1.165) is 12.2 Å². The Morgan fingerprint density at radius 1 is 1.24 bits per heavy atom. The fraction of sp³-hybridized carbons (Fsp3) is 0.476. The summed E-state index contributed by atoms with van der Waals surface area (Å²) in [5.74, 6) is 0.548.